The summed E-state index contributed by atoms with van der Waals surface area (Å²) in [4.78, 5) is 20.7. The molecular weight excluding hydrogens is 370 g/mol. The number of fused-ring (bicyclic) bond motifs is 1. The van der Waals surface area contributed by atoms with E-state index in [2.05, 4.69) is 15.2 Å². The Kier molecular flexibility index (Phi) is 4.81. The van der Waals surface area contributed by atoms with Gasteiger partial charge in [0.05, 0.1) is 18.9 Å². The molecule has 0 N–H and O–H groups in total. The Morgan fingerprint density at radius 2 is 1.79 bits per heavy atom. The maximum Gasteiger partial charge on any atom is 0.320 e. The lowest BCUT2D eigenvalue weighted by atomic mass is 9.96. The number of carbonyl (C=O) groups is 1. The number of nitrogens with zero attached hydrogens (tertiary/aromatic N) is 7. The zero-order valence-corrected chi connectivity index (χ0v) is 16.1. The lowest BCUT2D eigenvalue weighted by Gasteiger charge is -2.36. The minimum atomic E-state index is 0.120. The lowest BCUT2D eigenvalue weighted by molar-refractivity contribution is 0.0410. The van der Waals surface area contributed by atoms with Gasteiger partial charge >= 0.3 is 6.03 Å². The number of ether oxygens (including phenoxy) is 1. The zero-order chi connectivity index (χ0) is 19.6. The first-order valence-corrected chi connectivity index (χ1v) is 10.0. The van der Waals surface area contributed by atoms with E-state index in [-0.39, 0.29) is 11.9 Å². The quantitative estimate of drug-likeness (QED) is 0.660. The van der Waals surface area contributed by atoms with Gasteiger partial charge in [-0.15, -0.1) is 10.2 Å². The normalized spacial score (nSPS) is 18.3. The molecule has 0 aliphatic carbocycles. The number of likely N-dealkylation sites (tertiary alicyclic amines) is 1. The number of hydrogen-bond donors (Lipinski definition) is 0. The molecule has 5 rings (SSSR count). The van der Waals surface area contributed by atoms with Crippen molar-refractivity contribution in [2.45, 2.75) is 18.8 Å². The summed E-state index contributed by atoms with van der Waals surface area (Å²) in [5, 5.41) is 13.5. The average molecular weight is 393 g/mol. The van der Waals surface area contributed by atoms with Gasteiger partial charge in [0, 0.05) is 50.1 Å². The van der Waals surface area contributed by atoms with E-state index in [0.29, 0.717) is 26.3 Å². The summed E-state index contributed by atoms with van der Waals surface area (Å²) in [5.41, 5.74) is 2.53. The van der Waals surface area contributed by atoms with Crippen LogP contribution in [0.5, 0.6) is 0 Å². The second kappa shape index (κ2) is 7.75. The largest absolute Gasteiger partial charge is 0.378 e. The topological polar surface area (TPSA) is 88.8 Å². The minimum Gasteiger partial charge on any atom is -0.378 e. The van der Waals surface area contributed by atoms with E-state index >= 15 is 0 Å². The van der Waals surface area contributed by atoms with Crippen LogP contribution < -0.4 is 0 Å². The molecule has 9 nitrogen and oxygen atoms in total. The summed E-state index contributed by atoms with van der Waals surface area (Å²) in [6.07, 6.45) is 5.26. The fourth-order valence-corrected chi connectivity index (χ4v) is 4.01. The van der Waals surface area contributed by atoms with Crippen molar-refractivity contribution in [1.29, 1.82) is 0 Å². The minimum absolute atomic E-state index is 0.120. The SMILES string of the molecule is O=C(N1CCOCC1)N1CCC(c2nnc3ccc(-c4cccnc4)nn23)CC1. The van der Waals surface area contributed by atoms with E-state index in [0.717, 1.165) is 48.7 Å². The first-order valence-electron chi connectivity index (χ1n) is 10.0. The number of hydrogen-bond acceptors (Lipinski definition) is 6. The molecule has 2 amide bonds. The Balaban J connectivity index is 1.32. The molecule has 2 fully saturated rings. The molecule has 150 valence electrons. The van der Waals surface area contributed by atoms with Crippen LogP contribution in [-0.2, 0) is 4.74 Å². The van der Waals surface area contributed by atoms with Gasteiger partial charge in [0.1, 0.15) is 0 Å². The van der Waals surface area contributed by atoms with Crippen LogP contribution in [0.1, 0.15) is 24.6 Å². The summed E-state index contributed by atoms with van der Waals surface area (Å²) < 4.78 is 7.18. The fraction of sp³-hybridized carbons (Fsp3) is 0.450. The molecule has 2 aliphatic rings. The lowest BCUT2D eigenvalue weighted by Crippen LogP contribution is -2.50. The highest BCUT2D eigenvalue weighted by Crippen LogP contribution is 2.28. The number of pyridine rings is 1. The Morgan fingerprint density at radius 3 is 2.55 bits per heavy atom. The monoisotopic (exact) mass is 393 g/mol. The van der Waals surface area contributed by atoms with Crippen molar-refractivity contribution < 1.29 is 9.53 Å². The molecule has 0 atom stereocenters. The van der Waals surface area contributed by atoms with Crippen molar-refractivity contribution in [3.63, 3.8) is 0 Å². The molecule has 2 saturated heterocycles. The van der Waals surface area contributed by atoms with Crippen LogP contribution in [0.15, 0.2) is 36.7 Å². The average Bonchev–Trinajstić information content (AvgIpc) is 3.23. The van der Waals surface area contributed by atoms with E-state index in [1.807, 2.05) is 38.6 Å². The summed E-state index contributed by atoms with van der Waals surface area (Å²) in [5.74, 6) is 1.10. The van der Waals surface area contributed by atoms with Crippen LogP contribution in [0.3, 0.4) is 0 Å². The third-order valence-corrected chi connectivity index (χ3v) is 5.66. The van der Waals surface area contributed by atoms with Crippen molar-refractivity contribution in [3.8, 4) is 11.3 Å². The Bertz CT molecular complexity index is 992. The predicted octanol–water partition coefficient (Wildman–Crippen LogP) is 1.82. The summed E-state index contributed by atoms with van der Waals surface area (Å²) in [7, 11) is 0. The van der Waals surface area contributed by atoms with Gasteiger partial charge in [0.2, 0.25) is 0 Å². The molecule has 0 spiro atoms. The van der Waals surface area contributed by atoms with E-state index in [4.69, 9.17) is 9.84 Å². The van der Waals surface area contributed by atoms with Gasteiger partial charge in [0.15, 0.2) is 11.5 Å². The molecule has 9 heteroatoms. The van der Waals surface area contributed by atoms with Gasteiger partial charge in [-0.25, -0.2) is 4.79 Å². The second-order valence-corrected chi connectivity index (χ2v) is 7.43. The van der Waals surface area contributed by atoms with Crippen LogP contribution in [0.4, 0.5) is 4.79 Å². The molecule has 0 radical (unpaired) electrons. The molecule has 0 unspecified atom stereocenters. The van der Waals surface area contributed by atoms with Crippen molar-refractivity contribution in [1.82, 2.24) is 34.6 Å². The molecule has 0 aromatic carbocycles. The van der Waals surface area contributed by atoms with Gasteiger partial charge in [-0.1, -0.05) is 0 Å². The third-order valence-electron chi connectivity index (χ3n) is 5.66. The van der Waals surface area contributed by atoms with Gasteiger partial charge in [0.25, 0.3) is 0 Å². The molecule has 0 bridgehead atoms. The van der Waals surface area contributed by atoms with Crippen LogP contribution in [0, 0.1) is 0 Å². The zero-order valence-electron chi connectivity index (χ0n) is 16.1. The highest BCUT2D eigenvalue weighted by Gasteiger charge is 2.30. The Hall–Kier alpha value is -3.07. The Labute approximate surface area is 168 Å². The van der Waals surface area contributed by atoms with E-state index in [1.54, 1.807) is 12.4 Å². The number of aromatic nitrogens is 5. The van der Waals surface area contributed by atoms with Gasteiger partial charge in [-0.05, 0) is 37.1 Å². The standard InChI is InChI=1S/C20H23N7O2/c28-20(26-10-12-29-13-11-26)25-8-5-15(6-9-25)19-23-22-18-4-3-17(24-27(18)19)16-2-1-7-21-14-16/h1-4,7,14-15H,5-6,8-13H2. The molecule has 0 saturated carbocycles. The molecule has 3 aromatic heterocycles. The van der Waals surface area contributed by atoms with Crippen molar-refractivity contribution >= 4 is 11.7 Å². The van der Waals surface area contributed by atoms with Crippen molar-refractivity contribution in [3.05, 3.63) is 42.5 Å². The number of amides is 2. The first-order chi connectivity index (χ1) is 14.3. The van der Waals surface area contributed by atoms with Gasteiger partial charge in [-0.2, -0.15) is 9.61 Å². The second-order valence-electron chi connectivity index (χ2n) is 7.43. The molecular formula is C20H23N7O2. The molecule has 2 aliphatic heterocycles. The Morgan fingerprint density at radius 1 is 1.00 bits per heavy atom. The number of piperidine rings is 1. The summed E-state index contributed by atoms with van der Waals surface area (Å²) in [6.45, 7) is 4.04. The number of carbonyl (C=O) groups excluding carboxylic acids is 1. The smallest absolute Gasteiger partial charge is 0.320 e. The van der Waals surface area contributed by atoms with Crippen LogP contribution >= 0.6 is 0 Å². The van der Waals surface area contributed by atoms with Gasteiger partial charge < -0.3 is 14.5 Å². The highest BCUT2D eigenvalue weighted by molar-refractivity contribution is 5.74. The maximum atomic E-state index is 12.7. The summed E-state index contributed by atoms with van der Waals surface area (Å²) >= 11 is 0. The van der Waals surface area contributed by atoms with E-state index < -0.39 is 0 Å². The fourth-order valence-electron chi connectivity index (χ4n) is 4.01. The third kappa shape index (κ3) is 3.53. The van der Waals surface area contributed by atoms with Crippen molar-refractivity contribution in [2.24, 2.45) is 0 Å². The van der Waals surface area contributed by atoms with Gasteiger partial charge in [-0.3, -0.25) is 4.98 Å². The predicted molar refractivity (Wildman–Crippen MR) is 105 cm³/mol. The maximum absolute atomic E-state index is 12.7. The first kappa shape index (κ1) is 18.0. The number of morpholine rings is 1. The summed E-state index contributed by atoms with van der Waals surface area (Å²) in [6, 6.07) is 7.88. The number of urea groups is 1. The van der Waals surface area contributed by atoms with Crippen molar-refractivity contribution in [2.75, 3.05) is 39.4 Å². The van der Waals surface area contributed by atoms with Crippen LogP contribution in [-0.4, -0.2) is 80.0 Å². The molecule has 3 aromatic rings. The number of rotatable bonds is 2. The van der Waals surface area contributed by atoms with Crippen LogP contribution in [0.2, 0.25) is 0 Å². The van der Waals surface area contributed by atoms with E-state index in [1.165, 1.54) is 0 Å². The molecule has 29 heavy (non-hydrogen) atoms. The molecule has 5 heterocycles. The van der Waals surface area contributed by atoms with E-state index in [9.17, 15) is 4.79 Å². The van der Waals surface area contributed by atoms with Crippen LogP contribution in [0.25, 0.3) is 16.9 Å². The highest BCUT2D eigenvalue weighted by atomic mass is 16.5.